The van der Waals surface area contributed by atoms with Crippen LogP contribution in [0.25, 0.3) is 0 Å². The van der Waals surface area contributed by atoms with Gasteiger partial charge in [-0.15, -0.1) is 0 Å². The second-order valence-electron chi connectivity index (χ2n) is 4.26. The average Bonchev–Trinajstić information content (AvgIpc) is 2.40. The molecule has 2 rings (SSSR count). The van der Waals surface area contributed by atoms with E-state index in [1.165, 1.54) is 0 Å². The van der Waals surface area contributed by atoms with Gasteiger partial charge in [-0.1, -0.05) is 12.1 Å². The Hall–Kier alpha value is -1.98. The molecule has 0 amide bonds. The summed E-state index contributed by atoms with van der Waals surface area (Å²) in [5, 5.41) is 12.3. The molecule has 0 saturated heterocycles. The molecular formula is C14H17N3O2. The third-order valence-corrected chi connectivity index (χ3v) is 2.42. The minimum atomic E-state index is -0.350. The molecule has 0 spiro atoms. The van der Waals surface area contributed by atoms with Crippen LogP contribution < -0.4 is 10.1 Å². The van der Waals surface area contributed by atoms with E-state index in [9.17, 15) is 5.11 Å². The summed E-state index contributed by atoms with van der Waals surface area (Å²) in [7, 11) is 0. The normalized spacial score (nSPS) is 12.1. The highest BCUT2D eigenvalue weighted by Crippen LogP contribution is 2.18. The number of benzene rings is 1. The fourth-order valence-electron chi connectivity index (χ4n) is 1.59. The van der Waals surface area contributed by atoms with Crippen LogP contribution in [0, 0.1) is 0 Å². The summed E-state index contributed by atoms with van der Waals surface area (Å²) in [5.74, 6) is 0.697. The van der Waals surface area contributed by atoms with Crippen molar-refractivity contribution in [2.45, 2.75) is 19.6 Å². The van der Waals surface area contributed by atoms with Crippen LogP contribution in [-0.4, -0.2) is 27.7 Å². The average molecular weight is 259 g/mol. The number of hydrogen-bond acceptors (Lipinski definition) is 5. The first-order valence-corrected chi connectivity index (χ1v) is 6.16. The van der Waals surface area contributed by atoms with Gasteiger partial charge in [0.15, 0.2) is 0 Å². The predicted octanol–water partition coefficient (Wildman–Crippen LogP) is 1.74. The number of rotatable bonds is 6. The van der Waals surface area contributed by atoms with Crippen LogP contribution >= 0.6 is 0 Å². The van der Waals surface area contributed by atoms with Crippen LogP contribution in [0.4, 0.5) is 0 Å². The van der Waals surface area contributed by atoms with Crippen molar-refractivity contribution in [2.75, 3.05) is 6.54 Å². The third-order valence-electron chi connectivity index (χ3n) is 2.42. The molecular weight excluding hydrogens is 242 g/mol. The molecule has 2 N–H and O–H groups in total. The van der Waals surface area contributed by atoms with Crippen LogP contribution in [0.2, 0.25) is 0 Å². The Morgan fingerprint density at radius 3 is 2.79 bits per heavy atom. The highest BCUT2D eigenvalue weighted by atomic mass is 16.5. The summed E-state index contributed by atoms with van der Waals surface area (Å²) >= 11 is 0. The lowest BCUT2D eigenvalue weighted by Gasteiger charge is -2.08. The zero-order valence-electron chi connectivity index (χ0n) is 10.8. The summed E-state index contributed by atoms with van der Waals surface area (Å²) in [6.07, 6.45) is 2.92. The van der Waals surface area contributed by atoms with Crippen molar-refractivity contribution in [3.05, 3.63) is 48.3 Å². The Bertz CT molecular complexity index is 503. The van der Waals surface area contributed by atoms with E-state index in [0.717, 1.165) is 5.56 Å². The van der Waals surface area contributed by atoms with Gasteiger partial charge in [0.1, 0.15) is 5.75 Å². The van der Waals surface area contributed by atoms with Gasteiger partial charge in [-0.25, -0.2) is 9.97 Å². The van der Waals surface area contributed by atoms with Crippen molar-refractivity contribution < 1.29 is 9.84 Å². The first kappa shape index (κ1) is 13.5. The summed E-state index contributed by atoms with van der Waals surface area (Å²) in [6.45, 7) is 2.99. The van der Waals surface area contributed by atoms with Crippen LogP contribution in [0.1, 0.15) is 12.5 Å². The monoisotopic (exact) mass is 259 g/mol. The van der Waals surface area contributed by atoms with Crippen LogP contribution in [-0.2, 0) is 6.54 Å². The fourth-order valence-corrected chi connectivity index (χ4v) is 1.59. The summed E-state index contributed by atoms with van der Waals surface area (Å²) in [4.78, 5) is 8.01. The lowest BCUT2D eigenvalue weighted by atomic mass is 10.2. The third kappa shape index (κ3) is 4.65. The molecule has 0 unspecified atom stereocenters. The molecule has 1 aromatic carbocycles. The lowest BCUT2D eigenvalue weighted by molar-refractivity contribution is 0.191. The van der Waals surface area contributed by atoms with Crippen LogP contribution in [0.15, 0.2) is 42.7 Å². The SMILES string of the molecule is C[C@@H](O)CNCc1cccc(Oc2ncccn2)c1. The maximum atomic E-state index is 9.18. The van der Waals surface area contributed by atoms with E-state index in [4.69, 9.17) is 4.74 Å². The molecule has 0 bridgehead atoms. The molecule has 0 aliphatic rings. The standard InChI is InChI=1S/C14H17N3O2/c1-11(18)9-15-10-12-4-2-5-13(8-12)19-14-16-6-3-7-17-14/h2-8,11,15,18H,9-10H2,1H3/t11-/m1/s1. The van der Waals surface area contributed by atoms with Gasteiger partial charge in [0.05, 0.1) is 6.10 Å². The zero-order chi connectivity index (χ0) is 13.5. The summed E-state index contributed by atoms with van der Waals surface area (Å²) in [5.41, 5.74) is 1.08. The number of nitrogens with one attached hydrogen (secondary N) is 1. The number of ether oxygens (including phenoxy) is 1. The number of aliphatic hydroxyl groups is 1. The van der Waals surface area contributed by atoms with Gasteiger partial charge in [-0.3, -0.25) is 0 Å². The van der Waals surface area contributed by atoms with Crippen molar-refractivity contribution >= 4 is 0 Å². The van der Waals surface area contributed by atoms with Gasteiger partial charge < -0.3 is 15.2 Å². The van der Waals surface area contributed by atoms with Gasteiger partial charge in [-0.2, -0.15) is 0 Å². The molecule has 1 heterocycles. The zero-order valence-corrected chi connectivity index (χ0v) is 10.8. The molecule has 1 aromatic heterocycles. The van der Waals surface area contributed by atoms with Crippen LogP contribution in [0.5, 0.6) is 11.8 Å². The van der Waals surface area contributed by atoms with E-state index >= 15 is 0 Å². The largest absolute Gasteiger partial charge is 0.424 e. The minimum Gasteiger partial charge on any atom is -0.424 e. The molecule has 5 heteroatoms. The van der Waals surface area contributed by atoms with Gasteiger partial charge in [0, 0.05) is 25.5 Å². The molecule has 0 fully saturated rings. The van der Waals surface area contributed by atoms with E-state index in [0.29, 0.717) is 24.8 Å². The molecule has 0 radical (unpaired) electrons. The maximum Gasteiger partial charge on any atom is 0.321 e. The Kier molecular flexibility index (Phi) is 4.83. The van der Waals surface area contributed by atoms with Crippen molar-refractivity contribution in [3.63, 3.8) is 0 Å². The Balaban J connectivity index is 1.95. The van der Waals surface area contributed by atoms with Crippen molar-refractivity contribution in [2.24, 2.45) is 0 Å². The number of hydrogen-bond donors (Lipinski definition) is 2. The summed E-state index contributed by atoms with van der Waals surface area (Å²) in [6, 6.07) is 9.76. The van der Waals surface area contributed by atoms with Gasteiger partial charge >= 0.3 is 6.01 Å². The second kappa shape index (κ2) is 6.82. The smallest absolute Gasteiger partial charge is 0.321 e. The topological polar surface area (TPSA) is 67.3 Å². The first-order valence-electron chi connectivity index (χ1n) is 6.16. The number of aliphatic hydroxyl groups excluding tert-OH is 1. The molecule has 5 nitrogen and oxygen atoms in total. The fraction of sp³-hybridized carbons (Fsp3) is 0.286. The van der Waals surface area contributed by atoms with E-state index in [-0.39, 0.29) is 6.10 Å². The van der Waals surface area contributed by atoms with Crippen LogP contribution in [0.3, 0.4) is 0 Å². The molecule has 0 aliphatic carbocycles. The number of aromatic nitrogens is 2. The Labute approximate surface area is 112 Å². The van der Waals surface area contributed by atoms with E-state index in [1.54, 1.807) is 25.4 Å². The minimum absolute atomic E-state index is 0.330. The first-order chi connectivity index (χ1) is 9.24. The highest BCUT2D eigenvalue weighted by Gasteiger charge is 2.01. The second-order valence-corrected chi connectivity index (χ2v) is 4.26. The number of nitrogens with zero attached hydrogens (tertiary/aromatic N) is 2. The Morgan fingerprint density at radius 2 is 2.05 bits per heavy atom. The molecule has 1 atom stereocenters. The van der Waals surface area contributed by atoms with E-state index in [2.05, 4.69) is 15.3 Å². The summed E-state index contributed by atoms with van der Waals surface area (Å²) < 4.78 is 5.55. The molecule has 100 valence electrons. The predicted molar refractivity (Wildman–Crippen MR) is 71.9 cm³/mol. The van der Waals surface area contributed by atoms with Gasteiger partial charge in [0.2, 0.25) is 0 Å². The van der Waals surface area contributed by atoms with Gasteiger partial charge in [-0.05, 0) is 30.7 Å². The lowest BCUT2D eigenvalue weighted by Crippen LogP contribution is -2.23. The molecule has 0 saturated carbocycles. The molecule has 2 aromatic rings. The highest BCUT2D eigenvalue weighted by molar-refractivity contribution is 5.30. The maximum absolute atomic E-state index is 9.18. The molecule has 19 heavy (non-hydrogen) atoms. The van der Waals surface area contributed by atoms with Crippen molar-refractivity contribution in [1.82, 2.24) is 15.3 Å². The van der Waals surface area contributed by atoms with Gasteiger partial charge in [0.25, 0.3) is 0 Å². The van der Waals surface area contributed by atoms with Crippen molar-refractivity contribution in [1.29, 1.82) is 0 Å². The van der Waals surface area contributed by atoms with E-state index < -0.39 is 0 Å². The van der Waals surface area contributed by atoms with Crippen molar-refractivity contribution in [3.8, 4) is 11.8 Å². The van der Waals surface area contributed by atoms with E-state index in [1.807, 2.05) is 24.3 Å². The Morgan fingerprint density at radius 1 is 1.26 bits per heavy atom. The molecule has 0 aliphatic heterocycles. The quantitative estimate of drug-likeness (QED) is 0.827.